The van der Waals surface area contributed by atoms with Gasteiger partial charge >= 0.3 is 18.0 Å². The van der Waals surface area contributed by atoms with E-state index >= 15 is 0 Å². The molecule has 2 unspecified atom stereocenters. The summed E-state index contributed by atoms with van der Waals surface area (Å²) in [6, 6.07) is 0.607. The third-order valence-corrected chi connectivity index (χ3v) is 6.82. The molecule has 1 aromatic rings. The lowest BCUT2D eigenvalue weighted by atomic mass is 10.1. The van der Waals surface area contributed by atoms with E-state index in [1.807, 2.05) is 6.92 Å². The molecule has 19 heteroatoms. The van der Waals surface area contributed by atoms with Crippen molar-refractivity contribution >= 4 is 47.3 Å². The molecule has 0 radical (unpaired) electrons. The number of rotatable bonds is 23. The highest BCUT2D eigenvalue weighted by molar-refractivity contribution is 6.01. The Kier molecular flexibility index (Phi) is 19.8. The van der Waals surface area contributed by atoms with Crippen molar-refractivity contribution in [3.05, 3.63) is 33.9 Å². The van der Waals surface area contributed by atoms with Gasteiger partial charge in [0.2, 0.25) is 17.7 Å². The average molecular weight is 739 g/mol. The van der Waals surface area contributed by atoms with Crippen molar-refractivity contribution in [1.29, 1.82) is 0 Å². The number of amides is 5. The summed E-state index contributed by atoms with van der Waals surface area (Å²) in [6.07, 6.45) is 0.730. The van der Waals surface area contributed by atoms with E-state index in [9.17, 15) is 43.7 Å². The van der Waals surface area contributed by atoms with E-state index in [4.69, 9.17) is 19.3 Å². The summed E-state index contributed by atoms with van der Waals surface area (Å²) >= 11 is 0. The first-order valence-electron chi connectivity index (χ1n) is 16.9. The number of nitrogens with zero attached hydrogens (tertiary/aromatic N) is 1. The predicted molar refractivity (Wildman–Crippen MR) is 184 cm³/mol. The number of hydrogen-bond donors (Lipinski definition) is 6. The highest BCUT2D eigenvalue weighted by atomic mass is 16.6. The number of nitrogens with one attached hydrogen (secondary N) is 5. The SMILES string of the molecule is CCCCOC(=O)CCC(NC(=O)c1cc([N+](=O)[O-])ccc1OCC)C(=O)NC(CCCCNC(=O)OC(C)(C)C)C(=O)NCC(=O)NCC(=O)O. The number of hydrogen-bond acceptors (Lipinski definition) is 12. The Morgan fingerprint density at radius 3 is 2.19 bits per heavy atom. The Labute approximate surface area is 301 Å². The molecule has 0 heterocycles. The molecular weight excluding hydrogens is 688 g/mol. The molecule has 0 aromatic heterocycles. The van der Waals surface area contributed by atoms with Gasteiger partial charge < -0.3 is 45.9 Å². The molecule has 0 aliphatic carbocycles. The molecule has 1 rings (SSSR count). The van der Waals surface area contributed by atoms with Crippen LogP contribution in [0.5, 0.6) is 5.75 Å². The minimum atomic E-state index is -1.46. The summed E-state index contributed by atoms with van der Waals surface area (Å²) in [7, 11) is 0. The molecule has 0 fully saturated rings. The van der Waals surface area contributed by atoms with E-state index in [1.165, 1.54) is 6.07 Å². The average Bonchev–Trinajstić information content (AvgIpc) is 3.06. The molecule has 0 saturated heterocycles. The zero-order valence-electron chi connectivity index (χ0n) is 30.2. The molecule has 2 atom stereocenters. The van der Waals surface area contributed by atoms with Gasteiger partial charge in [-0.25, -0.2) is 4.79 Å². The maximum absolute atomic E-state index is 13.7. The Balaban J connectivity index is 3.24. The number of aliphatic carboxylic acids is 1. The second kappa shape index (κ2) is 23.1. The monoisotopic (exact) mass is 738 g/mol. The largest absolute Gasteiger partial charge is 0.493 e. The molecular formula is C33H50N6O13. The molecule has 5 amide bonds. The smallest absolute Gasteiger partial charge is 0.407 e. The van der Waals surface area contributed by atoms with Crippen LogP contribution in [-0.4, -0.2) is 102 Å². The first kappa shape index (κ1) is 44.5. The van der Waals surface area contributed by atoms with Crippen LogP contribution in [0.3, 0.4) is 0 Å². The summed E-state index contributed by atoms with van der Waals surface area (Å²) in [5.41, 5.74) is -1.38. The summed E-state index contributed by atoms with van der Waals surface area (Å²) < 4.78 is 15.8. The number of benzene rings is 1. The van der Waals surface area contributed by atoms with Crippen molar-refractivity contribution < 1.29 is 57.8 Å². The number of carboxylic acids is 1. The maximum Gasteiger partial charge on any atom is 0.407 e. The molecule has 52 heavy (non-hydrogen) atoms. The van der Waals surface area contributed by atoms with Crippen LogP contribution < -0.4 is 31.3 Å². The number of esters is 1. The first-order valence-corrected chi connectivity index (χ1v) is 16.9. The van der Waals surface area contributed by atoms with E-state index in [2.05, 4.69) is 26.6 Å². The van der Waals surface area contributed by atoms with Gasteiger partial charge in [0.05, 0.1) is 30.2 Å². The highest BCUT2D eigenvalue weighted by Gasteiger charge is 2.29. The number of unbranched alkanes of at least 4 members (excludes halogenated alkanes) is 2. The topological polar surface area (TPSA) is 271 Å². The Hall–Kier alpha value is -5.49. The predicted octanol–water partition coefficient (Wildman–Crippen LogP) is 1.71. The van der Waals surface area contributed by atoms with Gasteiger partial charge in [-0.3, -0.25) is 38.9 Å². The lowest BCUT2D eigenvalue weighted by molar-refractivity contribution is -0.384. The first-order chi connectivity index (χ1) is 24.5. The standard InChI is InChI=1S/C33H50N6O13/c1-6-8-17-51-28(43)15-13-24(37-29(44)22-18-21(39(48)49)12-14-25(22)50-7-2)31(46)38-23(30(45)36-19-26(40)35-20-27(41)42)11-9-10-16-34-32(47)52-33(3,4)5/h12,14,18,23-24H,6-11,13,15-17,19-20H2,1-5H3,(H,34,47)(H,35,40)(H,36,45)(H,37,44)(H,38,46)(H,41,42). The fourth-order valence-electron chi connectivity index (χ4n) is 4.31. The van der Waals surface area contributed by atoms with Gasteiger partial charge in [0, 0.05) is 25.1 Å². The van der Waals surface area contributed by atoms with Crippen LogP contribution in [0.2, 0.25) is 0 Å². The van der Waals surface area contributed by atoms with Crippen LogP contribution >= 0.6 is 0 Å². The number of carbonyl (C=O) groups excluding carboxylic acids is 6. The third-order valence-electron chi connectivity index (χ3n) is 6.82. The zero-order valence-corrected chi connectivity index (χ0v) is 30.2. The minimum absolute atomic E-state index is 0.00199. The van der Waals surface area contributed by atoms with Crippen molar-refractivity contribution in [2.24, 2.45) is 0 Å². The fourth-order valence-corrected chi connectivity index (χ4v) is 4.31. The second-order valence-corrected chi connectivity index (χ2v) is 12.4. The molecule has 0 saturated carbocycles. The Morgan fingerprint density at radius 2 is 1.58 bits per heavy atom. The van der Waals surface area contributed by atoms with E-state index in [0.717, 1.165) is 18.6 Å². The number of carboxylic acid groups (broad SMARTS) is 1. The van der Waals surface area contributed by atoms with Gasteiger partial charge in [0.1, 0.15) is 30.0 Å². The van der Waals surface area contributed by atoms with Crippen molar-refractivity contribution in [1.82, 2.24) is 26.6 Å². The maximum atomic E-state index is 13.7. The quantitative estimate of drug-likeness (QED) is 0.0404. The summed E-state index contributed by atoms with van der Waals surface area (Å²) in [6.45, 7) is 7.77. The number of ether oxygens (including phenoxy) is 3. The van der Waals surface area contributed by atoms with E-state index in [0.29, 0.717) is 12.8 Å². The van der Waals surface area contributed by atoms with Gasteiger partial charge in [0.15, 0.2) is 0 Å². The van der Waals surface area contributed by atoms with Crippen LogP contribution in [0.25, 0.3) is 0 Å². The van der Waals surface area contributed by atoms with Crippen molar-refractivity contribution in [2.45, 2.75) is 97.2 Å². The van der Waals surface area contributed by atoms with Crippen LogP contribution in [0.15, 0.2) is 18.2 Å². The fraction of sp³-hybridized carbons (Fsp3) is 0.606. The van der Waals surface area contributed by atoms with Crippen LogP contribution in [-0.2, 0) is 33.4 Å². The minimum Gasteiger partial charge on any atom is -0.493 e. The molecule has 0 bridgehead atoms. The van der Waals surface area contributed by atoms with Crippen molar-refractivity contribution in [3.8, 4) is 5.75 Å². The summed E-state index contributed by atoms with van der Waals surface area (Å²) in [5.74, 6) is -5.41. The summed E-state index contributed by atoms with van der Waals surface area (Å²) in [5, 5.41) is 32.2. The third kappa shape index (κ3) is 18.5. The van der Waals surface area contributed by atoms with Gasteiger partial charge in [-0.15, -0.1) is 0 Å². The van der Waals surface area contributed by atoms with Crippen molar-refractivity contribution in [2.75, 3.05) is 32.8 Å². The lowest BCUT2D eigenvalue weighted by Crippen LogP contribution is -2.54. The van der Waals surface area contributed by atoms with Crippen LogP contribution in [0, 0.1) is 10.1 Å². The van der Waals surface area contributed by atoms with Gasteiger partial charge in [-0.05, 0) is 65.9 Å². The van der Waals surface area contributed by atoms with Crippen LogP contribution in [0.1, 0.15) is 89.9 Å². The zero-order chi connectivity index (χ0) is 39.3. The number of non-ortho nitro benzene ring substituents is 1. The number of carbonyl (C=O) groups is 7. The Bertz CT molecular complexity index is 1410. The molecule has 0 aliphatic rings. The summed E-state index contributed by atoms with van der Waals surface area (Å²) in [4.78, 5) is 98.3. The lowest BCUT2D eigenvalue weighted by Gasteiger charge is -2.23. The van der Waals surface area contributed by atoms with Crippen molar-refractivity contribution in [3.63, 3.8) is 0 Å². The number of nitro benzene ring substituents is 1. The molecule has 19 nitrogen and oxygen atoms in total. The van der Waals surface area contributed by atoms with Gasteiger partial charge in [-0.1, -0.05) is 13.3 Å². The molecule has 6 N–H and O–H groups in total. The number of nitro groups is 1. The Morgan fingerprint density at radius 1 is 0.885 bits per heavy atom. The van der Waals surface area contributed by atoms with E-state index < -0.39 is 83.0 Å². The van der Waals surface area contributed by atoms with Crippen LogP contribution in [0.4, 0.5) is 10.5 Å². The van der Waals surface area contributed by atoms with Gasteiger partial charge in [0.25, 0.3) is 11.6 Å². The molecule has 0 aliphatic heterocycles. The van der Waals surface area contributed by atoms with E-state index in [1.54, 1.807) is 27.7 Å². The molecule has 0 spiro atoms. The number of alkyl carbamates (subject to hydrolysis) is 1. The normalized spacial score (nSPS) is 11.9. The molecule has 1 aromatic carbocycles. The van der Waals surface area contributed by atoms with Gasteiger partial charge in [-0.2, -0.15) is 0 Å². The van der Waals surface area contributed by atoms with E-state index in [-0.39, 0.29) is 56.8 Å². The highest BCUT2D eigenvalue weighted by Crippen LogP contribution is 2.24. The second-order valence-electron chi connectivity index (χ2n) is 12.4. The molecule has 290 valence electrons.